The van der Waals surface area contributed by atoms with Crippen molar-refractivity contribution >= 4 is 6.09 Å². The van der Waals surface area contributed by atoms with Crippen molar-refractivity contribution in [1.82, 2.24) is 14.8 Å². The largest absolute Gasteiger partial charge is 0.447 e. The number of carbonyl (C=O) groups is 1. The summed E-state index contributed by atoms with van der Waals surface area (Å²) in [5.74, 6) is 0.970. The molecule has 2 saturated heterocycles. The molecule has 3 heterocycles. The molecule has 1 aromatic rings. The number of carbonyl (C=O) groups excluding carboxylic acids is 1. The number of amides is 1. The number of oxazole rings is 1. The lowest BCUT2D eigenvalue weighted by Crippen LogP contribution is -2.47. The molecule has 6 heteroatoms. The fourth-order valence-corrected chi connectivity index (χ4v) is 3.63. The third-order valence-corrected chi connectivity index (χ3v) is 4.66. The van der Waals surface area contributed by atoms with Gasteiger partial charge in [-0.2, -0.15) is 0 Å². The Morgan fingerprint density at radius 3 is 2.61 bits per heavy atom. The van der Waals surface area contributed by atoms with Crippen LogP contribution in [0.25, 0.3) is 0 Å². The smallest absolute Gasteiger partial charge is 0.410 e. The molecule has 0 bridgehead atoms. The Labute approximate surface area is 137 Å². The maximum Gasteiger partial charge on any atom is 0.410 e. The highest BCUT2D eigenvalue weighted by Crippen LogP contribution is 2.36. The number of hydrogen-bond donors (Lipinski definition) is 0. The molecule has 1 atom stereocenters. The summed E-state index contributed by atoms with van der Waals surface area (Å²) in [4.78, 5) is 20.6. The Bertz CT molecular complexity index is 516. The van der Waals surface area contributed by atoms with Gasteiger partial charge in [-0.25, -0.2) is 9.78 Å². The maximum atomic E-state index is 12.2. The van der Waals surface area contributed by atoms with Gasteiger partial charge in [-0.15, -0.1) is 0 Å². The van der Waals surface area contributed by atoms with Crippen molar-refractivity contribution in [3.05, 3.63) is 18.4 Å². The lowest BCUT2D eigenvalue weighted by Gasteiger charge is -2.39. The van der Waals surface area contributed by atoms with Crippen molar-refractivity contribution in [3.63, 3.8) is 0 Å². The number of piperidine rings is 1. The van der Waals surface area contributed by atoms with Gasteiger partial charge in [0.05, 0.1) is 12.2 Å². The lowest BCUT2D eigenvalue weighted by molar-refractivity contribution is 0.0128. The van der Waals surface area contributed by atoms with Gasteiger partial charge in [0.2, 0.25) is 0 Å². The first-order valence-corrected chi connectivity index (χ1v) is 8.56. The molecule has 23 heavy (non-hydrogen) atoms. The van der Waals surface area contributed by atoms with E-state index in [1.54, 1.807) is 0 Å². The lowest BCUT2D eigenvalue weighted by atomic mass is 10.0. The zero-order chi connectivity index (χ0) is 16.4. The van der Waals surface area contributed by atoms with Crippen LogP contribution in [0.1, 0.15) is 58.3 Å². The Hall–Kier alpha value is -1.56. The maximum absolute atomic E-state index is 12.2. The van der Waals surface area contributed by atoms with Crippen molar-refractivity contribution in [2.45, 2.75) is 64.1 Å². The van der Waals surface area contributed by atoms with Crippen LogP contribution in [0.15, 0.2) is 17.0 Å². The number of aromatic nitrogens is 1. The SMILES string of the molecule is CC(C)(C)OC(=O)N1CCC(N2CCCC2c2cnco2)CC1. The molecule has 6 nitrogen and oxygen atoms in total. The monoisotopic (exact) mass is 321 g/mol. The van der Waals surface area contributed by atoms with Gasteiger partial charge in [0.15, 0.2) is 6.39 Å². The molecule has 0 N–H and O–H groups in total. The summed E-state index contributed by atoms with van der Waals surface area (Å²) in [6.45, 7) is 8.35. The molecule has 3 rings (SSSR count). The average molecular weight is 321 g/mol. The second-order valence-corrected chi connectivity index (χ2v) is 7.50. The molecule has 2 aliphatic rings. The van der Waals surface area contributed by atoms with Crippen LogP contribution in [0.4, 0.5) is 4.79 Å². The quantitative estimate of drug-likeness (QED) is 0.837. The van der Waals surface area contributed by atoms with E-state index in [2.05, 4.69) is 9.88 Å². The zero-order valence-electron chi connectivity index (χ0n) is 14.3. The summed E-state index contributed by atoms with van der Waals surface area (Å²) in [7, 11) is 0. The Balaban J connectivity index is 1.55. The van der Waals surface area contributed by atoms with Crippen LogP contribution >= 0.6 is 0 Å². The predicted octanol–water partition coefficient (Wildman–Crippen LogP) is 3.21. The summed E-state index contributed by atoms with van der Waals surface area (Å²) in [5.41, 5.74) is -0.430. The fourth-order valence-electron chi connectivity index (χ4n) is 3.63. The highest BCUT2D eigenvalue weighted by molar-refractivity contribution is 5.68. The number of ether oxygens (including phenoxy) is 1. The van der Waals surface area contributed by atoms with E-state index in [0.717, 1.165) is 44.7 Å². The van der Waals surface area contributed by atoms with E-state index >= 15 is 0 Å². The molecule has 0 aliphatic carbocycles. The summed E-state index contributed by atoms with van der Waals surface area (Å²) in [6, 6.07) is 0.849. The molecule has 0 aromatic carbocycles. The van der Waals surface area contributed by atoms with Crippen molar-refractivity contribution in [3.8, 4) is 0 Å². The van der Waals surface area contributed by atoms with Gasteiger partial charge >= 0.3 is 6.09 Å². The second kappa shape index (κ2) is 6.51. The molecule has 128 valence electrons. The highest BCUT2D eigenvalue weighted by atomic mass is 16.6. The van der Waals surface area contributed by atoms with Crippen LogP contribution in [0.2, 0.25) is 0 Å². The third kappa shape index (κ3) is 3.86. The summed E-state index contributed by atoms with van der Waals surface area (Å²) in [5, 5.41) is 0. The van der Waals surface area contributed by atoms with Crippen LogP contribution in [-0.4, -0.2) is 52.2 Å². The fraction of sp³-hybridized carbons (Fsp3) is 0.765. The van der Waals surface area contributed by atoms with E-state index in [9.17, 15) is 4.79 Å². The molecule has 0 radical (unpaired) electrons. The van der Waals surface area contributed by atoms with Crippen LogP contribution in [-0.2, 0) is 4.74 Å². The molecule has 1 aromatic heterocycles. The summed E-state index contributed by atoms with van der Waals surface area (Å²) in [6.07, 6.45) is 7.45. The summed E-state index contributed by atoms with van der Waals surface area (Å²) < 4.78 is 11.0. The molecular weight excluding hydrogens is 294 g/mol. The van der Waals surface area contributed by atoms with Gasteiger partial charge in [-0.05, 0) is 53.0 Å². The predicted molar refractivity (Wildman–Crippen MR) is 86.0 cm³/mol. The first-order chi connectivity index (χ1) is 10.9. The van der Waals surface area contributed by atoms with Gasteiger partial charge in [0.1, 0.15) is 11.4 Å². The van der Waals surface area contributed by atoms with Gasteiger partial charge in [0.25, 0.3) is 0 Å². The highest BCUT2D eigenvalue weighted by Gasteiger charge is 2.36. The van der Waals surface area contributed by atoms with Crippen LogP contribution in [0.5, 0.6) is 0 Å². The molecule has 0 saturated carbocycles. The van der Waals surface area contributed by atoms with E-state index in [0.29, 0.717) is 12.1 Å². The molecule has 1 unspecified atom stereocenters. The Morgan fingerprint density at radius 2 is 2.00 bits per heavy atom. The molecule has 2 fully saturated rings. The normalized spacial score (nSPS) is 24.1. The number of hydrogen-bond acceptors (Lipinski definition) is 5. The molecular formula is C17H27N3O3. The van der Waals surface area contributed by atoms with E-state index < -0.39 is 5.60 Å². The number of likely N-dealkylation sites (tertiary alicyclic amines) is 2. The topological polar surface area (TPSA) is 58.8 Å². The number of rotatable bonds is 2. The summed E-state index contributed by atoms with van der Waals surface area (Å²) >= 11 is 0. The van der Waals surface area contributed by atoms with Crippen molar-refractivity contribution < 1.29 is 13.9 Å². The Kier molecular flexibility index (Phi) is 4.62. The van der Waals surface area contributed by atoms with Crippen LogP contribution < -0.4 is 0 Å². The van der Waals surface area contributed by atoms with E-state index in [1.807, 2.05) is 31.9 Å². The van der Waals surface area contributed by atoms with Crippen LogP contribution in [0, 0.1) is 0 Å². The Morgan fingerprint density at radius 1 is 1.26 bits per heavy atom. The number of nitrogens with zero attached hydrogens (tertiary/aromatic N) is 3. The van der Waals surface area contributed by atoms with Crippen molar-refractivity contribution in [2.24, 2.45) is 0 Å². The third-order valence-electron chi connectivity index (χ3n) is 4.66. The molecule has 2 aliphatic heterocycles. The molecule has 0 spiro atoms. The first kappa shape index (κ1) is 16.3. The van der Waals surface area contributed by atoms with E-state index in [4.69, 9.17) is 9.15 Å². The zero-order valence-corrected chi connectivity index (χ0v) is 14.3. The van der Waals surface area contributed by atoms with Crippen molar-refractivity contribution in [2.75, 3.05) is 19.6 Å². The van der Waals surface area contributed by atoms with Gasteiger partial charge < -0.3 is 14.1 Å². The van der Waals surface area contributed by atoms with E-state index in [-0.39, 0.29) is 6.09 Å². The van der Waals surface area contributed by atoms with Crippen molar-refractivity contribution in [1.29, 1.82) is 0 Å². The van der Waals surface area contributed by atoms with Gasteiger partial charge in [0, 0.05) is 19.1 Å². The first-order valence-electron chi connectivity index (χ1n) is 8.56. The second-order valence-electron chi connectivity index (χ2n) is 7.50. The van der Waals surface area contributed by atoms with Crippen LogP contribution in [0.3, 0.4) is 0 Å². The standard InChI is InChI=1S/C17H27N3O3/c1-17(2,3)23-16(21)19-9-6-13(7-10-19)20-8-4-5-14(20)15-11-18-12-22-15/h11-14H,4-10H2,1-3H3. The minimum atomic E-state index is -0.430. The minimum Gasteiger partial charge on any atom is -0.447 e. The molecule has 1 amide bonds. The average Bonchev–Trinajstić information content (AvgIpc) is 3.16. The minimum absolute atomic E-state index is 0.191. The van der Waals surface area contributed by atoms with E-state index in [1.165, 1.54) is 12.8 Å². The van der Waals surface area contributed by atoms with Gasteiger partial charge in [-0.3, -0.25) is 4.90 Å². The van der Waals surface area contributed by atoms with Gasteiger partial charge in [-0.1, -0.05) is 0 Å².